The molecule has 8 heteroatoms. The van der Waals surface area contributed by atoms with Crippen LogP contribution in [0.2, 0.25) is 5.28 Å². The van der Waals surface area contributed by atoms with E-state index in [9.17, 15) is 4.21 Å². The summed E-state index contributed by atoms with van der Waals surface area (Å²) in [6.45, 7) is 0. The van der Waals surface area contributed by atoms with Gasteiger partial charge in [0, 0.05) is 22.0 Å². The fourth-order valence-electron chi connectivity index (χ4n) is 1.66. The molecule has 0 bridgehead atoms. The van der Waals surface area contributed by atoms with E-state index in [0.717, 1.165) is 10.6 Å². The van der Waals surface area contributed by atoms with E-state index in [0.29, 0.717) is 11.2 Å². The highest BCUT2D eigenvalue weighted by Gasteiger charge is 2.09. The van der Waals surface area contributed by atoms with Crippen LogP contribution in [-0.4, -0.2) is 35.4 Å². The number of fused-ring (bicyclic) bond motifs is 1. The van der Waals surface area contributed by atoms with Crippen molar-refractivity contribution in [2.75, 3.05) is 6.26 Å². The summed E-state index contributed by atoms with van der Waals surface area (Å²) in [6.07, 6.45) is 3.15. The average Bonchev–Trinajstić information content (AvgIpc) is 2.81. The Labute approximate surface area is 115 Å². The molecule has 0 saturated heterocycles. The van der Waals surface area contributed by atoms with E-state index >= 15 is 0 Å². The molecule has 0 amide bonds. The maximum Gasteiger partial charge on any atom is 0.224 e. The van der Waals surface area contributed by atoms with Crippen LogP contribution in [0.5, 0.6) is 0 Å². The number of rotatable bonds is 2. The molecule has 1 aromatic carbocycles. The van der Waals surface area contributed by atoms with Crippen molar-refractivity contribution in [1.29, 1.82) is 0 Å². The van der Waals surface area contributed by atoms with Gasteiger partial charge in [-0.15, -0.1) is 5.10 Å². The van der Waals surface area contributed by atoms with Crippen LogP contribution in [0.15, 0.2) is 35.4 Å². The van der Waals surface area contributed by atoms with E-state index in [2.05, 4.69) is 20.3 Å². The van der Waals surface area contributed by atoms with Crippen molar-refractivity contribution in [1.82, 2.24) is 25.0 Å². The van der Waals surface area contributed by atoms with E-state index in [4.69, 9.17) is 11.6 Å². The molecule has 1 atom stereocenters. The molecule has 0 radical (unpaired) electrons. The molecule has 0 aliphatic rings. The van der Waals surface area contributed by atoms with E-state index < -0.39 is 10.8 Å². The number of aromatic nitrogens is 5. The first-order chi connectivity index (χ1) is 9.15. The molecule has 0 aliphatic heterocycles. The van der Waals surface area contributed by atoms with Crippen molar-refractivity contribution >= 4 is 33.6 Å². The van der Waals surface area contributed by atoms with E-state index in [1.165, 1.54) is 6.20 Å². The lowest BCUT2D eigenvalue weighted by Gasteiger charge is -2.02. The van der Waals surface area contributed by atoms with Gasteiger partial charge >= 0.3 is 0 Å². The third-order valence-electron chi connectivity index (χ3n) is 2.58. The van der Waals surface area contributed by atoms with Gasteiger partial charge in [-0.1, -0.05) is 5.21 Å². The molecule has 2 heterocycles. The first kappa shape index (κ1) is 12.2. The molecule has 6 nitrogen and oxygen atoms in total. The normalized spacial score (nSPS) is 12.7. The van der Waals surface area contributed by atoms with Crippen LogP contribution in [0, 0.1) is 0 Å². The summed E-state index contributed by atoms with van der Waals surface area (Å²) in [5, 5.41) is 8.11. The van der Waals surface area contributed by atoms with E-state index in [-0.39, 0.29) is 5.28 Å². The van der Waals surface area contributed by atoms with Gasteiger partial charge in [-0.3, -0.25) is 4.21 Å². The maximum atomic E-state index is 11.3. The standard InChI is InChI=1S/C11H8ClN5OS/c1-19(18)8-4-2-7(3-5-8)17-10-9(15-16-17)6-13-11(12)14-10/h2-6H,1H3. The summed E-state index contributed by atoms with van der Waals surface area (Å²) in [7, 11) is -1.01. The number of benzene rings is 1. The van der Waals surface area contributed by atoms with Gasteiger partial charge in [0.05, 0.1) is 11.9 Å². The Kier molecular flexibility index (Phi) is 3.00. The van der Waals surface area contributed by atoms with Gasteiger partial charge in [-0.25, -0.2) is 4.98 Å². The Morgan fingerprint density at radius 3 is 2.68 bits per heavy atom. The largest absolute Gasteiger partial charge is 0.255 e. The van der Waals surface area contributed by atoms with Crippen molar-refractivity contribution < 1.29 is 4.21 Å². The summed E-state index contributed by atoms with van der Waals surface area (Å²) in [6, 6.07) is 7.17. The highest BCUT2D eigenvalue weighted by Crippen LogP contribution is 2.16. The van der Waals surface area contributed by atoms with Crippen LogP contribution < -0.4 is 0 Å². The second-order valence-corrected chi connectivity index (χ2v) is 5.51. The number of hydrogen-bond acceptors (Lipinski definition) is 5. The summed E-state index contributed by atoms with van der Waals surface area (Å²) in [5.41, 5.74) is 1.87. The molecule has 0 saturated carbocycles. The fraction of sp³-hybridized carbons (Fsp3) is 0.0909. The van der Waals surface area contributed by atoms with Crippen molar-refractivity contribution in [2.45, 2.75) is 4.90 Å². The molecule has 2 aromatic heterocycles. The van der Waals surface area contributed by atoms with Crippen LogP contribution in [0.4, 0.5) is 0 Å². The van der Waals surface area contributed by atoms with Gasteiger partial charge in [-0.2, -0.15) is 9.67 Å². The number of hydrogen-bond donors (Lipinski definition) is 0. The summed E-state index contributed by atoms with van der Waals surface area (Å²) >= 11 is 5.77. The highest BCUT2D eigenvalue weighted by atomic mass is 35.5. The molecule has 19 heavy (non-hydrogen) atoms. The molecule has 1 unspecified atom stereocenters. The van der Waals surface area contributed by atoms with Gasteiger partial charge in [0.2, 0.25) is 5.28 Å². The molecule has 3 aromatic rings. The Balaban J connectivity index is 2.13. The molecule has 0 aliphatic carbocycles. The second kappa shape index (κ2) is 4.67. The molecule has 0 fully saturated rings. The lowest BCUT2D eigenvalue weighted by atomic mass is 10.3. The van der Waals surface area contributed by atoms with Crippen LogP contribution in [0.1, 0.15) is 0 Å². The quantitative estimate of drug-likeness (QED) is 0.671. The zero-order chi connectivity index (χ0) is 13.4. The smallest absolute Gasteiger partial charge is 0.224 e. The Morgan fingerprint density at radius 2 is 2.00 bits per heavy atom. The minimum Gasteiger partial charge on any atom is -0.255 e. The average molecular weight is 294 g/mol. The molecule has 0 spiro atoms. The van der Waals surface area contributed by atoms with Gasteiger partial charge in [0.1, 0.15) is 0 Å². The molecular weight excluding hydrogens is 286 g/mol. The van der Waals surface area contributed by atoms with Crippen molar-refractivity contribution in [3.63, 3.8) is 0 Å². The third kappa shape index (κ3) is 2.22. The SMILES string of the molecule is CS(=O)c1ccc(-n2nnc3cnc(Cl)nc32)cc1. The zero-order valence-electron chi connectivity index (χ0n) is 9.82. The van der Waals surface area contributed by atoms with E-state index in [1.54, 1.807) is 35.2 Å². The summed E-state index contributed by atoms with van der Waals surface area (Å²) in [4.78, 5) is 8.70. The topological polar surface area (TPSA) is 73.6 Å². The van der Waals surface area contributed by atoms with Gasteiger partial charge in [0.15, 0.2) is 11.2 Å². The Hall–Kier alpha value is -1.86. The van der Waals surface area contributed by atoms with Gasteiger partial charge in [0.25, 0.3) is 0 Å². The van der Waals surface area contributed by atoms with Crippen molar-refractivity contribution in [2.24, 2.45) is 0 Å². The lowest BCUT2D eigenvalue weighted by Crippen LogP contribution is -1.99. The second-order valence-electron chi connectivity index (χ2n) is 3.80. The van der Waals surface area contributed by atoms with Gasteiger partial charge in [-0.05, 0) is 35.9 Å². The molecule has 96 valence electrons. The zero-order valence-corrected chi connectivity index (χ0v) is 11.4. The predicted molar refractivity (Wildman–Crippen MR) is 71.8 cm³/mol. The van der Waals surface area contributed by atoms with Crippen LogP contribution in [0.3, 0.4) is 0 Å². The highest BCUT2D eigenvalue weighted by molar-refractivity contribution is 7.84. The number of halogens is 1. The van der Waals surface area contributed by atoms with Gasteiger partial charge < -0.3 is 0 Å². The first-order valence-corrected chi connectivity index (χ1v) is 7.26. The van der Waals surface area contributed by atoms with Crippen LogP contribution >= 0.6 is 11.6 Å². The molecule has 0 N–H and O–H groups in total. The first-order valence-electron chi connectivity index (χ1n) is 5.33. The number of nitrogens with zero attached hydrogens (tertiary/aromatic N) is 5. The molecular formula is C11H8ClN5OS. The third-order valence-corrected chi connectivity index (χ3v) is 3.69. The fourth-order valence-corrected chi connectivity index (χ4v) is 2.31. The lowest BCUT2D eigenvalue weighted by molar-refractivity contribution is 0.686. The molecule has 3 rings (SSSR count). The predicted octanol–water partition coefficient (Wildman–Crippen LogP) is 1.60. The Morgan fingerprint density at radius 1 is 1.26 bits per heavy atom. The van der Waals surface area contributed by atoms with Crippen molar-refractivity contribution in [3.05, 3.63) is 35.7 Å². The Bertz CT molecular complexity index is 770. The van der Waals surface area contributed by atoms with Crippen molar-refractivity contribution in [3.8, 4) is 5.69 Å². The van der Waals surface area contributed by atoms with Crippen LogP contribution in [-0.2, 0) is 10.8 Å². The monoisotopic (exact) mass is 293 g/mol. The minimum atomic E-state index is -1.01. The maximum absolute atomic E-state index is 11.3. The summed E-state index contributed by atoms with van der Waals surface area (Å²) in [5.74, 6) is 0. The minimum absolute atomic E-state index is 0.141. The van der Waals surface area contributed by atoms with E-state index in [1.807, 2.05) is 0 Å². The van der Waals surface area contributed by atoms with Crippen LogP contribution in [0.25, 0.3) is 16.9 Å². The summed E-state index contributed by atoms with van der Waals surface area (Å²) < 4.78 is 12.9.